The van der Waals surface area contributed by atoms with E-state index in [2.05, 4.69) is 71.8 Å². The zero-order chi connectivity index (χ0) is 13.1. The van der Waals surface area contributed by atoms with Gasteiger partial charge in [-0.3, -0.25) is 0 Å². The Labute approximate surface area is 113 Å². The second-order valence-electron chi connectivity index (χ2n) is 4.56. The zero-order valence-corrected chi connectivity index (χ0v) is 10.7. The molecule has 1 aliphatic heterocycles. The van der Waals surface area contributed by atoms with E-state index in [1.807, 2.05) is 18.3 Å². The van der Waals surface area contributed by atoms with Gasteiger partial charge in [0.2, 0.25) is 11.8 Å². The predicted molar refractivity (Wildman–Crippen MR) is 79.3 cm³/mol. The predicted octanol–water partition coefficient (Wildman–Crippen LogP) is 3.94. The van der Waals surface area contributed by atoms with Crippen LogP contribution in [0.1, 0.15) is 17.2 Å². The van der Waals surface area contributed by atoms with Gasteiger partial charge in [-0.05, 0) is 24.8 Å². The SMILES string of the molecule is C=C[N+]1=C(c2ccccc2)C=CC1c1ccccc1. The van der Waals surface area contributed by atoms with Gasteiger partial charge in [0.15, 0.2) is 6.20 Å². The highest BCUT2D eigenvalue weighted by Gasteiger charge is 2.28. The Hall–Kier alpha value is -2.41. The second kappa shape index (κ2) is 5.07. The molecule has 0 spiro atoms. The summed E-state index contributed by atoms with van der Waals surface area (Å²) in [6.45, 7) is 3.96. The first-order valence-corrected chi connectivity index (χ1v) is 6.46. The van der Waals surface area contributed by atoms with Crippen LogP contribution in [0.4, 0.5) is 0 Å². The Balaban J connectivity index is 2.06. The maximum absolute atomic E-state index is 3.96. The van der Waals surface area contributed by atoms with Gasteiger partial charge in [-0.15, -0.1) is 0 Å². The number of hydrogen-bond acceptors (Lipinski definition) is 0. The van der Waals surface area contributed by atoms with Crippen molar-refractivity contribution in [3.8, 4) is 0 Å². The molecule has 1 atom stereocenters. The van der Waals surface area contributed by atoms with Crippen molar-refractivity contribution >= 4 is 5.71 Å². The van der Waals surface area contributed by atoms with Crippen LogP contribution in [0, 0.1) is 0 Å². The normalized spacial score (nSPS) is 17.8. The van der Waals surface area contributed by atoms with E-state index < -0.39 is 0 Å². The Morgan fingerprint density at radius 3 is 2.16 bits per heavy atom. The fraction of sp³-hybridized carbons (Fsp3) is 0.0556. The first kappa shape index (κ1) is 11.7. The molecule has 0 radical (unpaired) electrons. The molecule has 0 saturated carbocycles. The minimum absolute atomic E-state index is 0.244. The topological polar surface area (TPSA) is 3.01 Å². The number of rotatable bonds is 3. The maximum atomic E-state index is 3.96. The van der Waals surface area contributed by atoms with Gasteiger partial charge in [0.1, 0.15) is 0 Å². The van der Waals surface area contributed by atoms with Crippen LogP contribution in [0.25, 0.3) is 0 Å². The quantitative estimate of drug-likeness (QED) is 0.722. The molecule has 0 fully saturated rings. The van der Waals surface area contributed by atoms with Crippen molar-refractivity contribution in [3.05, 3.63) is 96.7 Å². The van der Waals surface area contributed by atoms with Crippen molar-refractivity contribution < 1.29 is 4.58 Å². The minimum atomic E-state index is 0.244. The van der Waals surface area contributed by atoms with Gasteiger partial charge in [0.25, 0.3) is 0 Å². The fourth-order valence-corrected chi connectivity index (χ4v) is 2.50. The molecular formula is C18H16N+. The third-order valence-electron chi connectivity index (χ3n) is 3.42. The first-order valence-electron chi connectivity index (χ1n) is 6.46. The van der Waals surface area contributed by atoms with E-state index in [4.69, 9.17) is 0 Å². The summed E-state index contributed by atoms with van der Waals surface area (Å²) in [5.74, 6) is 0. The summed E-state index contributed by atoms with van der Waals surface area (Å²) in [6, 6.07) is 21.2. The summed E-state index contributed by atoms with van der Waals surface area (Å²) in [6.07, 6.45) is 6.30. The van der Waals surface area contributed by atoms with Crippen molar-refractivity contribution in [3.63, 3.8) is 0 Å². The van der Waals surface area contributed by atoms with Crippen LogP contribution in [-0.2, 0) is 0 Å². The molecule has 2 aromatic rings. The third-order valence-corrected chi connectivity index (χ3v) is 3.42. The third kappa shape index (κ3) is 2.15. The van der Waals surface area contributed by atoms with Crippen molar-refractivity contribution in [1.29, 1.82) is 0 Å². The van der Waals surface area contributed by atoms with Crippen LogP contribution in [0.2, 0.25) is 0 Å². The maximum Gasteiger partial charge on any atom is 0.213 e. The Morgan fingerprint density at radius 2 is 1.53 bits per heavy atom. The van der Waals surface area contributed by atoms with E-state index in [0.717, 1.165) is 0 Å². The monoisotopic (exact) mass is 246 g/mol. The Morgan fingerprint density at radius 1 is 0.895 bits per heavy atom. The molecule has 1 heterocycles. The lowest BCUT2D eigenvalue weighted by Crippen LogP contribution is -2.14. The summed E-state index contributed by atoms with van der Waals surface area (Å²) < 4.78 is 2.21. The highest BCUT2D eigenvalue weighted by atomic mass is 15.0. The van der Waals surface area contributed by atoms with Gasteiger partial charge in [-0.25, -0.2) is 0 Å². The average molecular weight is 246 g/mol. The standard InChI is InChI=1S/C18H16N/c1-2-19-17(15-9-5-3-6-10-15)13-14-18(19)16-11-7-4-8-12-16/h2-14,17H,1H2/q+1. The molecule has 0 amide bonds. The fourth-order valence-electron chi connectivity index (χ4n) is 2.50. The molecule has 0 aliphatic carbocycles. The average Bonchev–Trinajstić information content (AvgIpc) is 2.93. The van der Waals surface area contributed by atoms with E-state index in [-0.39, 0.29) is 6.04 Å². The Kier molecular flexibility index (Phi) is 3.11. The number of allylic oxidation sites excluding steroid dienone is 1. The van der Waals surface area contributed by atoms with Gasteiger partial charge < -0.3 is 0 Å². The number of benzene rings is 2. The van der Waals surface area contributed by atoms with Gasteiger partial charge in [-0.2, -0.15) is 4.58 Å². The van der Waals surface area contributed by atoms with Crippen molar-refractivity contribution in [2.45, 2.75) is 6.04 Å². The molecule has 3 rings (SSSR count). The van der Waals surface area contributed by atoms with Gasteiger partial charge in [0.05, 0.1) is 0 Å². The summed E-state index contributed by atoms with van der Waals surface area (Å²) >= 11 is 0. The molecule has 1 nitrogen and oxygen atoms in total. The van der Waals surface area contributed by atoms with Crippen LogP contribution in [0.5, 0.6) is 0 Å². The molecule has 2 aromatic carbocycles. The molecule has 1 unspecified atom stereocenters. The number of nitrogens with zero attached hydrogens (tertiary/aromatic N) is 1. The molecule has 1 aliphatic rings. The highest BCUT2D eigenvalue weighted by Crippen LogP contribution is 2.25. The minimum Gasteiger partial charge on any atom is -0.188 e. The van der Waals surface area contributed by atoms with E-state index >= 15 is 0 Å². The molecular weight excluding hydrogens is 230 g/mol. The van der Waals surface area contributed by atoms with E-state index in [1.54, 1.807) is 0 Å². The lowest BCUT2D eigenvalue weighted by Gasteiger charge is -2.07. The highest BCUT2D eigenvalue weighted by molar-refractivity contribution is 6.06. The van der Waals surface area contributed by atoms with Crippen LogP contribution >= 0.6 is 0 Å². The van der Waals surface area contributed by atoms with E-state index in [1.165, 1.54) is 16.8 Å². The summed E-state index contributed by atoms with van der Waals surface area (Å²) in [7, 11) is 0. The molecule has 19 heavy (non-hydrogen) atoms. The van der Waals surface area contributed by atoms with Crippen LogP contribution < -0.4 is 0 Å². The molecule has 1 heteroatoms. The van der Waals surface area contributed by atoms with E-state index in [0.29, 0.717) is 0 Å². The lowest BCUT2D eigenvalue weighted by molar-refractivity contribution is -0.487. The second-order valence-corrected chi connectivity index (χ2v) is 4.56. The van der Waals surface area contributed by atoms with Gasteiger partial charge in [0, 0.05) is 17.2 Å². The van der Waals surface area contributed by atoms with Crippen LogP contribution in [-0.4, -0.2) is 10.3 Å². The number of hydrogen-bond donors (Lipinski definition) is 0. The summed E-state index contributed by atoms with van der Waals surface area (Å²) in [5, 5.41) is 0. The molecule has 0 saturated heterocycles. The van der Waals surface area contributed by atoms with Crippen molar-refractivity contribution in [1.82, 2.24) is 0 Å². The lowest BCUT2D eigenvalue weighted by atomic mass is 10.1. The summed E-state index contributed by atoms with van der Waals surface area (Å²) in [4.78, 5) is 0. The van der Waals surface area contributed by atoms with Crippen molar-refractivity contribution in [2.75, 3.05) is 0 Å². The van der Waals surface area contributed by atoms with Crippen LogP contribution in [0.15, 0.2) is 85.6 Å². The smallest absolute Gasteiger partial charge is 0.188 e. The summed E-state index contributed by atoms with van der Waals surface area (Å²) in [5.41, 5.74) is 3.70. The molecule has 0 N–H and O–H groups in total. The van der Waals surface area contributed by atoms with Crippen LogP contribution in [0.3, 0.4) is 0 Å². The molecule has 0 aromatic heterocycles. The van der Waals surface area contributed by atoms with Gasteiger partial charge in [-0.1, -0.05) is 48.5 Å². The first-order chi connectivity index (χ1) is 9.40. The zero-order valence-electron chi connectivity index (χ0n) is 10.7. The largest absolute Gasteiger partial charge is 0.213 e. The van der Waals surface area contributed by atoms with Gasteiger partial charge >= 0.3 is 0 Å². The molecule has 92 valence electrons. The molecule has 0 bridgehead atoms. The van der Waals surface area contributed by atoms with E-state index in [9.17, 15) is 0 Å². The Bertz CT molecular complexity index is 636. The van der Waals surface area contributed by atoms with Crippen molar-refractivity contribution in [2.24, 2.45) is 0 Å².